The van der Waals surface area contributed by atoms with Crippen molar-refractivity contribution in [2.75, 3.05) is 0 Å². The van der Waals surface area contributed by atoms with Crippen molar-refractivity contribution in [1.82, 2.24) is 35.0 Å². The second-order valence-corrected chi connectivity index (χ2v) is 8.99. The average molecular weight is 403 g/mol. The summed E-state index contributed by atoms with van der Waals surface area (Å²) in [4.78, 5) is 12.8. The lowest BCUT2D eigenvalue weighted by Gasteiger charge is -2.51. The van der Waals surface area contributed by atoms with Gasteiger partial charge in [0.2, 0.25) is 0 Å². The van der Waals surface area contributed by atoms with Crippen molar-refractivity contribution in [2.24, 2.45) is 0 Å². The molecular formula is C22H25N7O. The molecule has 0 unspecified atom stereocenters. The number of aromatic nitrogens is 6. The third-order valence-electron chi connectivity index (χ3n) is 6.10. The molecule has 0 amide bonds. The lowest BCUT2D eigenvalue weighted by atomic mass is 9.69. The Morgan fingerprint density at radius 3 is 2.53 bits per heavy atom. The average Bonchev–Trinajstić information content (AvgIpc) is 3.22. The van der Waals surface area contributed by atoms with Crippen LogP contribution in [0.4, 0.5) is 0 Å². The van der Waals surface area contributed by atoms with Crippen molar-refractivity contribution in [1.29, 1.82) is 0 Å². The van der Waals surface area contributed by atoms with Gasteiger partial charge in [-0.3, -0.25) is 4.57 Å². The van der Waals surface area contributed by atoms with Crippen LogP contribution in [0.2, 0.25) is 0 Å². The minimum absolute atomic E-state index is 0.0497. The van der Waals surface area contributed by atoms with Gasteiger partial charge in [-0.25, -0.2) is 15.0 Å². The predicted molar refractivity (Wildman–Crippen MR) is 113 cm³/mol. The van der Waals surface area contributed by atoms with Gasteiger partial charge in [-0.2, -0.15) is 0 Å². The Balaban J connectivity index is 1.38. The lowest BCUT2D eigenvalue weighted by Crippen LogP contribution is -2.61. The first kappa shape index (κ1) is 18.9. The first-order valence-corrected chi connectivity index (χ1v) is 10.3. The van der Waals surface area contributed by atoms with Crippen LogP contribution in [0.15, 0.2) is 42.8 Å². The molecule has 2 fully saturated rings. The van der Waals surface area contributed by atoms with Crippen LogP contribution in [0.3, 0.4) is 0 Å². The molecule has 8 nitrogen and oxygen atoms in total. The number of imidazole rings is 1. The predicted octanol–water partition coefficient (Wildman–Crippen LogP) is 3.29. The highest BCUT2D eigenvalue weighted by Gasteiger charge is 2.43. The van der Waals surface area contributed by atoms with E-state index in [4.69, 9.17) is 0 Å². The normalized spacial score (nSPS) is 27.3. The highest BCUT2D eigenvalue weighted by atomic mass is 16.3. The summed E-state index contributed by atoms with van der Waals surface area (Å²) in [5.41, 5.74) is 2.89. The zero-order valence-electron chi connectivity index (χ0n) is 17.2. The molecule has 5 rings (SSSR count). The van der Waals surface area contributed by atoms with Crippen molar-refractivity contribution in [3.8, 4) is 23.0 Å². The van der Waals surface area contributed by atoms with E-state index in [-0.39, 0.29) is 16.8 Å². The summed E-state index contributed by atoms with van der Waals surface area (Å²) < 4.78 is 1.72. The first-order chi connectivity index (χ1) is 14.4. The van der Waals surface area contributed by atoms with Crippen molar-refractivity contribution in [3.05, 3.63) is 48.4 Å². The Morgan fingerprint density at radius 1 is 1.10 bits per heavy atom. The van der Waals surface area contributed by atoms with Crippen LogP contribution in [-0.4, -0.2) is 45.9 Å². The van der Waals surface area contributed by atoms with E-state index >= 15 is 0 Å². The minimum Gasteiger partial charge on any atom is -0.507 e. The standard InChI is InChI=1S/C22H25N7O/c1-21-4-3-5-22(2,28-21)11-15(10-21)8-16-12-25-20(27-26-16)17-13-24-19(9-18(17)30)29-7-6-23-14-29/h6-9,12-14,28H,3-5,10-11H2,1-2H3,(H,24,30)/b15-8-/t21-,22+/m1/s1. The maximum atomic E-state index is 10.4. The van der Waals surface area contributed by atoms with Crippen molar-refractivity contribution >= 4 is 6.08 Å². The third kappa shape index (κ3) is 3.59. The van der Waals surface area contributed by atoms with Gasteiger partial charge in [-0.05, 0) is 52.0 Å². The summed E-state index contributed by atoms with van der Waals surface area (Å²) in [6, 6.07) is 1.56. The fourth-order valence-electron chi connectivity index (χ4n) is 4.98. The summed E-state index contributed by atoms with van der Waals surface area (Å²) in [6.45, 7) is 4.63. The molecule has 0 aliphatic carbocycles. The zero-order chi connectivity index (χ0) is 20.8. The molecule has 0 radical (unpaired) electrons. The Labute approximate surface area is 175 Å². The van der Waals surface area contributed by atoms with Gasteiger partial charge in [0.05, 0.1) is 11.8 Å². The van der Waals surface area contributed by atoms with Gasteiger partial charge in [0, 0.05) is 35.7 Å². The van der Waals surface area contributed by atoms with Crippen molar-refractivity contribution < 1.29 is 5.11 Å². The van der Waals surface area contributed by atoms with Gasteiger partial charge in [-0.1, -0.05) is 5.57 Å². The van der Waals surface area contributed by atoms with E-state index in [0.29, 0.717) is 17.2 Å². The molecule has 3 aromatic heterocycles. The highest BCUT2D eigenvalue weighted by molar-refractivity contribution is 5.63. The number of aromatic hydroxyl groups is 1. The quantitative estimate of drug-likeness (QED) is 0.692. The summed E-state index contributed by atoms with van der Waals surface area (Å²) in [5, 5.41) is 22.8. The van der Waals surface area contributed by atoms with Gasteiger partial charge in [0.25, 0.3) is 0 Å². The second kappa shape index (κ2) is 6.98. The van der Waals surface area contributed by atoms with E-state index in [0.717, 1.165) is 18.5 Å². The highest BCUT2D eigenvalue weighted by Crippen LogP contribution is 2.42. The Morgan fingerprint density at radius 2 is 1.90 bits per heavy atom. The van der Waals surface area contributed by atoms with E-state index < -0.39 is 0 Å². The van der Waals surface area contributed by atoms with Gasteiger partial charge in [0.1, 0.15) is 23.6 Å². The van der Waals surface area contributed by atoms with E-state index in [1.54, 1.807) is 41.7 Å². The largest absolute Gasteiger partial charge is 0.507 e. The van der Waals surface area contributed by atoms with Gasteiger partial charge < -0.3 is 10.4 Å². The molecule has 30 heavy (non-hydrogen) atoms. The maximum absolute atomic E-state index is 10.4. The molecule has 8 heteroatoms. The molecule has 0 saturated carbocycles. The van der Waals surface area contributed by atoms with Crippen LogP contribution >= 0.6 is 0 Å². The topological polar surface area (TPSA) is 102 Å². The molecule has 5 heterocycles. The molecule has 2 aliphatic heterocycles. The third-order valence-corrected chi connectivity index (χ3v) is 6.10. The summed E-state index contributed by atoms with van der Waals surface area (Å²) >= 11 is 0. The first-order valence-electron chi connectivity index (χ1n) is 10.3. The summed E-state index contributed by atoms with van der Waals surface area (Å²) in [6.07, 6.45) is 16.1. The molecule has 2 N–H and O–H groups in total. The molecule has 2 atom stereocenters. The molecule has 0 spiro atoms. The lowest BCUT2D eigenvalue weighted by molar-refractivity contribution is 0.124. The van der Waals surface area contributed by atoms with Gasteiger partial charge >= 0.3 is 0 Å². The number of pyridine rings is 1. The van der Waals surface area contributed by atoms with Crippen LogP contribution in [0.1, 0.15) is 51.6 Å². The molecule has 2 saturated heterocycles. The number of hydrogen-bond acceptors (Lipinski definition) is 7. The fraction of sp³-hybridized carbons (Fsp3) is 0.409. The molecule has 2 bridgehead atoms. The van der Waals surface area contributed by atoms with Crippen molar-refractivity contribution in [3.63, 3.8) is 0 Å². The van der Waals surface area contributed by atoms with Gasteiger partial charge in [0.15, 0.2) is 5.82 Å². The van der Waals surface area contributed by atoms with Crippen LogP contribution in [0, 0.1) is 0 Å². The van der Waals surface area contributed by atoms with Crippen LogP contribution in [0.25, 0.3) is 23.3 Å². The number of nitrogens with one attached hydrogen (secondary N) is 1. The number of piperidine rings is 2. The number of fused-ring (bicyclic) bond motifs is 2. The minimum atomic E-state index is 0.0497. The number of rotatable bonds is 3. The summed E-state index contributed by atoms with van der Waals surface area (Å²) in [7, 11) is 0. The Hall–Kier alpha value is -3.13. The number of nitrogens with zero attached hydrogens (tertiary/aromatic N) is 6. The Kier molecular flexibility index (Phi) is 4.39. The molecule has 154 valence electrons. The van der Waals surface area contributed by atoms with E-state index in [1.165, 1.54) is 24.8 Å². The van der Waals surface area contributed by atoms with E-state index in [1.807, 2.05) is 0 Å². The number of hydrogen-bond donors (Lipinski definition) is 2. The van der Waals surface area contributed by atoms with Crippen molar-refractivity contribution in [2.45, 2.75) is 57.0 Å². The van der Waals surface area contributed by atoms with Crippen LogP contribution in [-0.2, 0) is 0 Å². The molecular weight excluding hydrogens is 378 g/mol. The maximum Gasteiger partial charge on any atom is 0.187 e. The monoisotopic (exact) mass is 403 g/mol. The molecule has 0 aromatic carbocycles. The fourth-order valence-corrected chi connectivity index (χ4v) is 4.98. The van der Waals surface area contributed by atoms with Crippen LogP contribution in [0.5, 0.6) is 5.75 Å². The van der Waals surface area contributed by atoms with E-state index in [2.05, 4.69) is 50.4 Å². The zero-order valence-corrected chi connectivity index (χ0v) is 17.2. The molecule has 3 aromatic rings. The second-order valence-electron chi connectivity index (χ2n) is 8.99. The Bertz CT molecular complexity index is 1070. The smallest absolute Gasteiger partial charge is 0.187 e. The van der Waals surface area contributed by atoms with E-state index in [9.17, 15) is 5.11 Å². The van der Waals surface area contributed by atoms with Crippen LogP contribution < -0.4 is 5.32 Å². The SMILES string of the molecule is C[C@]12CCC[C@](C)(C/C(=C/c3cnc(-c4cnc(-n5ccnc5)cc4O)nn3)C1)N2. The summed E-state index contributed by atoms with van der Waals surface area (Å²) in [5.74, 6) is 0.968. The van der Waals surface area contributed by atoms with Gasteiger partial charge in [-0.15, -0.1) is 10.2 Å². The molecule has 2 aliphatic rings.